The van der Waals surface area contributed by atoms with Gasteiger partial charge in [0, 0.05) is 14.2 Å². The van der Waals surface area contributed by atoms with E-state index in [2.05, 4.69) is 9.05 Å². The maximum Gasteiger partial charge on any atom is 0.331 e. The highest BCUT2D eigenvalue weighted by Crippen LogP contribution is 2.50. The number of amides is 1. The molecule has 0 atom stereocenters. The van der Waals surface area contributed by atoms with E-state index < -0.39 is 38.3 Å². The summed E-state index contributed by atoms with van der Waals surface area (Å²) in [4.78, 5) is 11.1. The van der Waals surface area contributed by atoms with Gasteiger partial charge in [-0.15, -0.1) is 0 Å². The molecule has 15 heavy (non-hydrogen) atoms. The lowest BCUT2D eigenvalue weighted by molar-refractivity contribution is -0.131. The van der Waals surface area contributed by atoms with E-state index in [0.29, 0.717) is 0 Å². The molecule has 0 fully saturated rings. The van der Waals surface area contributed by atoms with Gasteiger partial charge in [0.15, 0.2) is 0 Å². The minimum Gasteiger partial charge on any atom is -0.395 e. The maximum atomic E-state index is 11.7. The molecule has 0 rings (SSSR count). The lowest BCUT2D eigenvalue weighted by Gasteiger charge is -2.28. The first-order valence-electron chi connectivity index (χ1n) is 4.12. The summed E-state index contributed by atoms with van der Waals surface area (Å²) in [5.74, 6) is -0.957. The van der Waals surface area contributed by atoms with E-state index in [1.165, 1.54) is 0 Å². The van der Waals surface area contributed by atoms with Gasteiger partial charge in [0.05, 0.1) is 19.4 Å². The van der Waals surface area contributed by atoms with Crippen LogP contribution in [0.5, 0.6) is 0 Å². The summed E-state index contributed by atoms with van der Waals surface area (Å²) in [6, 6.07) is 0. The van der Waals surface area contributed by atoms with Gasteiger partial charge < -0.3 is 25.0 Å². The molecule has 0 saturated carbocycles. The lowest BCUT2D eigenvalue weighted by Crippen LogP contribution is -2.46. The van der Waals surface area contributed by atoms with Crippen molar-refractivity contribution in [3.63, 3.8) is 0 Å². The molecule has 0 aromatic rings. The van der Waals surface area contributed by atoms with Gasteiger partial charge in [-0.25, -0.2) is 0 Å². The molecule has 1 amide bonds. The molecule has 8 heteroatoms. The molecular formula is C7H16NO6P. The molecule has 0 bridgehead atoms. The number of hydrogen-bond donors (Lipinski definition) is 3. The Hall–Kier alpha value is -0.460. The van der Waals surface area contributed by atoms with Crippen molar-refractivity contribution < 1.29 is 28.6 Å². The molecule has 0 aliphatic rings. The van der Waals surface area contributed by atoms with Gasteiger partial charge in [-0.05, 0) is 0 Å². The van der Waals surface area contributed by atoms with E-state index in [-0.39, 0.29) is 0 Å². The van der Waals surface area contributed by atoms with Crippen LogP contribution in [0.3, 0.4) is 0 Å². The summed E-state index contributed by atoms with van der Waals surface area (Å²) < 4.78 is 20.9. The molecule has 0 aromatic heterocycles. The fraction of sp³-hybridized carbons (Fsp3) is 0.857. The van der Waals surface area contributed by atoms with Crippen molar-refractivity contribution >= 4 is 13.5 Å². The van der Waals surface area contributed by atoms with E-state index in [1.54, 1.807) is 0 Å². The Morgan fingerprint density at radius 1 is 1.33 bits per heavy atom. The zero-order chi connectivity index (χ0) is 12.1. The summed E-state index contributed by atoms with van der Waals surface area (Å²) in [7, 11) is -1.22. The summed E-state index contributed by atoms with van der Waals surface area (Å²) in [6.07, 6.45) is -0.463. The van der Waals surface area contributed by atoms with Crippen LogP contribution in [0.2, 0.25) is 0 Å². The quantitative estimate of drug-likeness (QED) is 0.488. The fourth-order valence-corrected chi connectivity index (χ4v) is 2.46. The average molecular weight is 241 g/mol. The molecule has 4 N–H and O–H groups in total. The van der Waals surface area contributed by atoms with E-state index in [0.717, 1.165) is 14.2 Å². The summed E-state index contributed by atoms with van der Waals surface area (Å²) in [5.41, 5.74) is 3.33. The molecule has 0 unspecified atom stereocenters. The van der Waals surface area contributed by atoms with Gasteiger partial charge in [-0.2, -0.15) is 0 Å². The van der Waals surface area contributed by atoms with Crippen molar-refractivity contribution in [3.8, 4) is 0 Å². The predicted molar refractivity (Wildman–Crippen MR) is 52.3 cm³/mol. The molecule has 0 radical (unpaired) electrons. The Labute approximate surface area is 87.7 Å². The first kappa shape index (κ1) is 14.5. The van der Waals surface area contributed by atoms with Crippen LogP contribution in [-0.4, -0.2) is 49.7 Å². The third-order valence-electron chi connectivity index (χ3n) is 2.18. The van der Waals surface area contributed by atoms with Gasteiger partial charge >= 0.3 is 7.60 Å². The lowest BCUT2D eigenvalue weighted by atomic mass is 9.92. The van der Waals surface area contributed by atoms with Crippen molar-refractivity contribution in [2.45, 2.75) is 0 Å². The largest absolute Gasteiger partial charge is 0.395 e. The number of rotatable bonds is 7. The predicted octanol–water partition coefficient (Wildman–Crippen LogP) is -1.07. The first-order valence-corrected chi connectivity index (χ1v) is 5.84. The zero-order valence-corrected chi connectivity index (χ0v) is 9.57. The fourth-order valence-electron chi connectivity index (χ4n) is 0.958. The number of hydrogen-bond acceptors (Lipinski definition) is 6. The second-order valence-corrected chi connectivity index (χ2v) is 5.36. The summed E-state index contributed by atoms with van der Waals surface area (Å²) in [6.45, 7) is -1.45. The molecule has 0 spiro atoms. The molecule has 0 saturated heterocycles. The number of carbonyl (C=O) groups excluding carboxylic acids is 1. The Kier molecular flexibility index (Phi) is 5.41. The summed E-state index contributed by atoms with van der Waals surface area (Å²) >= 11 is 0. The van der Waals surface area contributed by atoms with Crippen molar-refractivity contribution in [3.05, 3.63) is 0 Å². The van der Waals surface area contributed by atoms with Crippen LogP contribution in [-0.2, 0) is 18.4 Å². The van der Waals surface area contributed by atoms with Gasteiger partial charge in [-0.3, -0.25) is 9.36 Å². The number of nitrogens with two attached hydrogens (primary N) is 1. The number of aliphatic hydroxyl groups excluding tert-OH is 2. The molecule has 0 aromatic carbocycles. The van der Waals surface area contributed by atoms with E-state index in [4.69, 9.17) is 15.9 Å². The first-order chi connectivity index (χ1) is 6.89. The van der Waals surface area contributed by atoms with Gasteiger partial charge in [0.25, 0.3) is 0 Å². The summed E-state index contributed by atoms with van der Waals surface area (Å²) in [5, 5.41) is 18.0. The third kappa shape index (κ3) is 3.25. The standard InChI is InChI=1S/C7H16NO6P/c1-13-15(12,14-2)5-7(3-9,4-10)6(8)11/h9-10H,3-5H2,1-2H3,(H2,8,11). The van der Waals surface area contributed by atoms with Crippen molar-refractivity contribution in [2.75, 3.05) is 33.6 Å². The van der Waals surface area contributed by atoms with Gasteiger partial charge in [0.2, 0.25) is 5.91 Å². The third-order valence-corrected chi connectivity index (χ3v) is 4.29. The Balaban J connectivity index is 4.98. The average Bonchev–Trinajstić information content (AvgIpc) is 2.25. The normalized spacial score (nSPS) is 12.8. The van der Waals surface area contributed by atoms with Crippen LogP contribution in [0.4, 0.5) is 0 Å². The van der Waals surface area contributed by atoms with Crippen molar-refractivity contribution in [1.29, 1.82) is 0 Å². The van der Waals surface area contributed by atoms with Crippen LogP contribution in [0, 0.1) is 5.41 Å². The van der Waals surface area contributed by atoms with Gasteiger partial charge in [0.1, 0.15) is 5.41 Å². The molecule has 7 nitrogen and oxygen atoms in total. The van der Waals surface area contributed by atoms with Crippen LogP contribution < -0.4 is 5.73 Å². The molecule has 0 aliphatic heterocycles. The van der Waals surface area contributed by atoms with Gasteiger partial charge in [-0.1, -0.05) is 0 Å². The highest BCUT2D eigenvalue weighted by Gasteiger charge is 2.43. The Bertz CT molecular complexity index is 256. The number of primary amides is 1. The topological polar surface area (TPSA) is 119 Å². The van der Waals surface area contributed by atoms with Crippen LogP contribution in [0.25, 0.3) is 0 Å². The molecule has 0 heterocycles. The van der Waals surface area contributed by atoms with E-state index >= 15 is 0 Å². The van der Waals surface area contributed by atoms with Crippen LogP contribution in [0.1, 0.15) is 0 Å². The Morgan fingerprint density at radius 3 is 1.93 bits per heavy atom. The minimum absolute atomic E-state index is 0.463. The second kappa shape index (κ2) is 5.58. The number of aliphatic hydroxyl groups is 2. The van der Waals surface area contributed by atoms with E-state index in [9.17, 15) is 9.36 Å². The molecular weight excluding hydrogens is 225 g/mol. The van der Waals surface area contributed by atoms with Crippen molar-refractivity contribution in [1.82, 2.24) is 0 Å². The highest BCUT2D eigenvalue weighted by molar-refractivity contribution is 7.53. The smallest absolute Gasteiger partial charge is 0.331 e. The second-order valence-electron chi connectivity index (χ2n) is 3.09. The SMILES string of the molecule is COP(=O)(CC(CO)(CO)C(N)=O)OC. The molecule has 0 aliphatic carbocycles. The van der Waals surface area contributed by atoms with E-state index in [1.807, 2.05) is 0 Å². The Morgan fingerprint density at radius 2 is 1.73 bits per heavy atom. The highest BCUT2D eigenvalue weighted by atomic mass is 31.2. The van der Waals surface area contributed by atoms with Crippen LogP contribution in [0.15, 0.2) is 0 Å². The maximum absolute atomic E-state index is 11.7. The monoisotopic (exact) mass is 241 g/mol. The van der Waals surface area contributed by atoms with Crippen LogP contribution >= 0.6 is 7.60 Å². The molecule has 90 valence electrons. The minimum atomic E-state index is -3.51. The zero-order valence-electron chi connectivity index (χ0n) is 8.67. The van der Waals surface area contributed by atoms with Crippen molar-refractivity contribution in [2.24, 2.45) is 11.1 Å². The number of carbonyl (C=O) groups is 1.